The first-order valence-corrected chi connectivity index (χ1v) is 8.16. The third-order valence-electron chi connectivity index (χ3n) is 4.04. The Bertz CT molecular complexity index is 582. The number of benzene rings is 1. The Hall–Kier alpha value is -1.76. The number of thiocarbonyl (C=S) groups is 1. The van der Waals surface area contributed by atoms with E-state index in [0.717, 1.165) is 18.6 Å². The number of hydrogen-bond donors (Lipinski definition) is 3. The number of hydrogen-bond acceptors (Lipinski definition) is 2. The Kier molecular flexibility index (Phi) is 6.27. The van der Waals surface area contributed by atoms with Gasteiger partial charge < -0.3 is 16.0 Å². The maximum absolute atomic E-state index is 13.1. The third-order valence-corrected chi connectivity index (χ3v) is 4.30. The van der Waals surface area contributed by atoms with Gasteiger partial charge in [0.15, 0.2) is 16.7 Å². The molecule has 23 heavy (non-hydrogen) atoms. The number of carbonyl (C=O) groups is 1. The molecule has 1 aromatic rings. The van der Waals surface area contributed by atoms with Crippen molar-refractivity contribution in [2.24, 2.45) is 5.92 Å². The molecular weight excluding hydrogens is 320 g/mol. The quantitative estimate of drug-likeness (QED) is 0.737. The number of rotatable bonds is 4. The van der Waals surface area contributed by atoms with E-state index in [1.165, 1.54) is 25.3 Å². The molecule has 1 aromatic carbocycles. The first-order chi connectivity index (χ1) is 11.0. The van der Waals surface area contributed by atoms with Gasteiger partial charge in [0.2, 0.25) is 5.91 Å². The molecule has 0 spiro atoms. The third kappa shape index (κ3) is 5.42. The van der Waals surface area contributed by atoms with Crippen molar-refractivity contribution >= 4 is 28.9 Å². The maximum atomic E-state index is 13.1. The van der Waals surface area contributed by atoms with Crippen LogP contribution in [0.15, 0.2) is 18.2 Å². The second-order valence-corrected chi connectivity index (χ2v) is 6.28. The average Bonchev–Trinajstić information content (AvgIpc) is 2.51. The zero-order valence-corrected chi connectivity index (χ0v) is 13.8. The average molecular weight is 341 g/mol. The molecule has 3 N–H and O–H groups in total. The van der Waals surface area contributed by atoms with E-state index in [4.69, 9.17) is 12.2 Å². The largest absolute Gasteiger partial charge is 0.360 e. The summed E-state index contributed by atoms with van der Waals surface area (Å²) in [6.07, 6.45) is 4.68. The van der Waals surface area contributed by atoms with Gasteiger partial charge in [-0.25, -0.2) is 8.78 Å². The second-order valence-electron chi connectivity index (χ2n) is 5.87. The van der Waals surface area contributed by atoms with E-state index in [2.05, 4.69) is 22.9 Å². The summed E-state index contributed by atoms with van der Waals surface area (Å²) in [4.78, 5) is 11.8. The summed E-state index contributed by atoms with van der Waals surface area (Å²) in [5.74, 6) is -1.77. The number of carbonyl (C=O) groups excluding carboxylic acids is 1. The Labute approximate surface area is 140 Å². The topological polar surface area (TPSA) is 53.2 Å². The van der Waals surface area contributed by atoms with Gasteiger partial charge in [-0.1, -0.05) is 19.8 Å². The monoisotopic (exact) mass is 341 g/mol. The Balaban J connectivity index is 1.75. The van der Waals surface area contributed by atoms with Crippen molar-refractivity contribution in [2.45, 2.75) is 38.6 Å². The van der Waals surface area contributed by atoms with E-state index in [1.807, 2.05) is 0 Å². The zero-order chi connectivity index (χ0) is 16.8. The van der Waals surface area contributed by atoms with Crippen molar-refractivity contribution in [3.8, 4) is 0 Å². The molecule has 0 radical (unpaired) electrons. The number of nitrogens with one attached hydrogen (secondary N) is 3. The molecule has 1 fully saturated rings. The molecule has 0 saturated heterocycles. The van der Waals surface area contributed by atoms with Crippen molar-refractivity contribution in [3.63, 3.8) is 0 Å². The molecule has 1 aliphatic rings. The normalized spacial score (nSPS) is 20.7. The highest BCUT2D eigenvalue weighted by molar-refractivity contribution is 7.80. The molecule has 1 saturated carbocycles. The summed E-state index contributed by atoms with van der Waals surface area (Å²) in [6, 6.07) is 3.54. The second kappa shape index (κ2) is 8.19. The molecule has 0 bridgehead atoms. The molecule has 7 heteroatoms. The van der Waals surface area contributed by atoms with E-state index in [9.17, 15) is 13.6 Å². The fourth-order valence-electron chi connectivity index (χ4n) is 2.69. The van der Waals surface area contributed by atoms with Crippen LogP contribution in [0.3, 0.4) is 0 Å². The Morgan fingerprint density at radius 2 is 2.00 bits per heavy atom. The molecule has 1 amide bonds. The predicted octanol–water partition coefficient (Wildman–Crippen LogP) is 2.95. The summed E-state index contributed by atoms with van der Waals surface area (Å²) in [5.41, 5.74) is 0.204. The molecule has 126 valence electrons. The van der Waals surface area contributed by atoms with E-state index < -0.39 is 11.6 Å². The lowest BCUT2D eigenvalue weighted by molar-refractivity contribution is -0.115. The van der Waals surface area contributed by atoms with Crippen LogP contribution in [-0.4, -0.2) is 23.6 Å². The minimum absolute atomic E-state index is 0.0358. The molecule has 2 rings (SSSR count). The van der Waals surface area contributed by atoms with Gasteiger partial charge in [-0.2, -0.15) is 0 Å². The Morgan fingerprint density at radius 3 is 2.70 bits per heavy atom. The summed E-state index contributed by atoms with van der Waals surface area (Å²) in [6.45, 7) is 2.15. The van der Waals surface area contributed by atoms with Crippen LogP contribution in [-0.2, 0) is 4.79 Å². The van der Waals surface area contributed by atoms with Gasteiger partial charge in [-0.05, 0) is 43.1 Å². The van der Waals surface area contributed by atoms with Gasteiger partial charge in [-0.3, -0.25) is 4.79 Å². The lowest BCUT2D eigenvalue weighted by Crippen LogP contribution is -2.47. The van der Waals surface area contributed by atoms with Crippen LogP contribution in [0.4, 0.5) is 14.5 Å². The van der Waals surface area contributed by atoms with Crippen LogP contribution in [0.5, 0.6) is 0 Å². The molecule has 0 aliphatic heterocycles. The number of anilines is 1. The molecule has 0 heterocycles. The van der Waals surface area contributed by atoms with E-state index in [-0.39, 0.29) is 18.1 Å². The highest BCUT2D eigenvalue weighted by Crippen LogP contribution is 2.23. The predicted molar refractivity (Wildman–Crippen MR) is 90.1 cm³/mol. The molecule has 2 atom stereocenters. The molecule has 4 nitrogen and oxygen atoms in total. The molecule has 1 aliphatic carbocycles. The van der Waals surface area contributed by atoms with Crippen LogP contribution in [0.25, 0.3) is 0 Å². The van der Waals surface area contributed by atoms with Gasteiger partial charge in [0.1, 0.15) is 0 Å². The summed E-state index contributed by atoms with van der Waals surface area (Å²) < 4.78 is 25.9. The van der Waals surface area contributed by atoms with Crippen LogP contribution in [0.1, 0.15) is 32.6 Å². The van der Waals surface area contributed by atoms with Crippen LogP contribution < -0.4 is 16.0 Å². The molecule has 0 unspecified atom stereocenters. The van der Waals surface area contributed by atoms with Gasteiger partial charge in [-0.15, -0.1) is 0 Å². The van der Waals surface area contributed by atoms with E-state index in [0.29, 0.717) is 17.1 Å². The van der Waals surface area contributed by atoms with E-state index >= 15 is 0 Å². The van der Waals surface area contributed by atoms with Crippen molar-refractivity contribution in [2.75, 3.05) is 11.9 Å². The number of halogens is 2. The minimum atomic E-state index is -1.00. The van der Waals surface area contributed by atoms with Gasteiger partial charge in [0, 0.05) is 17.8 Å². The fraction of sp³-hybridized carbons (Fsp3) is 0.500. The smallest absolute Gasteiger partial charge is 0.243 e. The maximum Gasteiger partial charge on any atom is 0.243 e. The minimum Gasteiger partial charge on any atom is -0.360 e. The van der Waals surface area contributed by atoms with Gasteiger partial charge in [0.25, 0.3) is 0 Å². The Morgan fingerprint density at radius 1 is 1.26 bits per heavy atom. The fourth-order valence-corrected chi connectivity index (χ4v) is 2.91. The van der Waals surface area contributed by atoms with Crippen molar-refractivity contribution in [3.05, 3.63) is 29.8 Å². The SMILES string of the molecule is C[C@H]1CCCC[C@H]1NC(=S)NCC(=O)Nc1ccc(F)c(F)c1. The van der Waals surface area contributed by atoms with Gasteiger partial charge in [0.05, 0.1) is 6.54 Å². The van der Waals surface area contributed by atoms with Gasteiger partial charge >= 0.3 is 0 Å². The number of amides is 1. The summed E-state index contributed by atoms with van der Waals surface area (Å²) in [7, 11) is 0. The first-order valence-electron chi connectivity index (χ1n) is 7.75. The standard InChI is InChI=1S/C16H21F2N3OS/c1-10-4-2-3-5-14(10)21-16(23)19-9-15(22)20-11-6-7-12(17)13(18)8-11/h6-8,10,14H,2-5,9H2,1H3,(H,20,22)(H2,19,21,23)/t10-,14+/m0/s1. The summed E-state index contributed by atoms with van der Waals surface area (Å²) in [5, 5.41) is 8.99. The molecule has 0 aromatic heterocycles. The van der Waals surface area contributed by atoms with Crippen molar-refractivity contribution < 1.29 is 13.6 Å². The highest BCUT2D eigenvalue weighted by atomic mass is 32.1. The van der Waals surface area contributed by atoms with Crippen molar-refractivity contribution in [1.82, 2.24) is 10.6 Å². The first kappa shape index (κ1) is 17.6. The highest BCUT2D eigenvalue weighted by Gasteiger charge is 2.21. The van der Waals surface area contributed by atoms with Crippen molar-refractivity contribution in [1.29, 1.82) is 0 Å². The summed E-state index contributed by atoms with van der Waals surface area (Å²) >= 11 is 5.20. The molecular formula is C16H21F2N3OS. The lowest BCUT2D eigenvalue weighted by Gasteiger charge is -2.30. The lowest BCUT2D eigenvalue weighted by atomic mass is 9.86. The zero-order valence-electron chi connectivity index (χ0n) is 13.0. The van der Waals surface area contributed by atoms with Crippen LogP contribution >= 0.6 is 12.2 Å². The van der Waals surface area contributed by atoms with E-state index in [1.54, 1.807) is 0 Å². The van der Waals surface area contributed by atoms with Crippen LogP contribution in [0.2, 0.25) is 0 Å². The van der Waals surface area contributed by atoms with Crippen LogP contribution in [0, 0.1) is 17.6 Å².